The van der Waals surface area contributed by atoms with E-state index in [2.05, 4.69) is 40.5 Å². The molecule has 2 heterocycles. The van der Waals surface area contributed by atoms with Gasteiger partial charge in [0.1, 0.15) is 5.54 Å². The van der Waals surface area contributed by atoms with Gasteiger partial charge in [0.25, 0.3) is 0 Å². The lowest BCUT2D eigenvalue weighted by Crippen LogP contribution is -2.64. The van der Waals surface area contributed by atoms with Gasteiger partial charge in [-0.05, 0) is 38.2 Å². The van der Waals surface area contributed by atoms with Crippen LogP contribution >= 0.6 is 0 Å². The largest absolute Gasteiger partial charge is 0.479 e. The lowest BCUT2D eigenvalue weighted by atomic mass is 9.73. The Morgan fingerprint density at radius 2 is 1.72 bits per heavy atom. The summed E-state index contributed by atoms with van der Waals surface area (Å²) in [6.45, 7) is 16.2. The van der Waals surface area contributed by atoms with Crippen LogP contribution in [0.25, 0.3) is 0 Å². The second-order valence-electron chi connectivity index (χ2n) is 13.1. The molecule has 1 aromatic heterocycles. The van der Waals surface area contributed by atoms with Crippen molar-refractivity contribution >= 4 is 31.8 Å². The molecule has 0 spiro atoms. The molecule has 4 rings (SSSR count). The van der Waals surface area contributed by atoms with Crippen molar-refractivity contribution in [3.63, 3.8) is 0 Å². The Hall–Kier alpha value is -3.14. The van der Waals surface area contributed by atoms with Crippen LogP contribution in [-0.4, -0.2) is 51.7 Å². The molecule has 3 amide bonds. The fourth-order valence-corrected chi connectivity index (χ4v) is 9.10. The molecular weight excluding hydrogens is 510 g/mol. The highest BCUT2D eigenvalue weighted by Crippen LogP contribution is 2.56. The summed E-state index contributed by atoms with van der Waals surface area (Å²) in [6, 6.07) is 8.92. The molecule has 2 aromatic rings. The van der Waals surface area contributed by atoms with Crippen molar-refractivity contribution in [3.05, 3.63) is 47.2 Å². The number of aliphatic carboxylic acids is 1. The smallest absolute Gasteiger partial charge is 0.330 e. The first-order chi connectivity index (χ1) is 18.1. The number of carboxylic acid groups (broad SMARTS) is 1. The summed E-state index contributed by atoms with van der Waals surface area (Å²) in [5.74, 6) is -1.49. The summed E-state index contributed by atoms with van der Waals surface area (Å²) in [6.07, 6.45) is 2.85. The first-order valence-electron chi connectivity index (χ1n) is 13.9. The number of aromatic amines is 1. The number of fused-ring (bicyclic) bond motifs is 1. The predicted molar refractivity (Wildman–Crippen MR) is 154 cm³/mol. The molecule has 0 saturated heterocycles. The van der Waals surface area contributed by atoms with Gasteiger partial charge in [-0.15, -0.1) is 0 Å². The van der Waals surface area contributed by atoms with Crippen LogP contribution in [0.4, 0.5) is 10.6 Å². The third-order valence-electron chi connectivity index (χ3n) is 9.59. The minimum Gasteiger partial charge on any atom is -0.479 e. The second kappa shape index (κ2) is 9.80. The number of aromatic nitrogens is 2. The maximum absolute atomic E-state index is 13.9. The number of H-pyrrole nitrogens is 1. The van der Waals surface area contributed by atoms with E-state index in [1.807, 2.05) is 65.0 Å². The molecule has 1 saturated carbocycles. The Kier molecular flexibility index (Phi) is 7.25. The highest BCUT2D eigenvalue weighted by atomic mass is 28.3. The fraction of sp³-hybridized carbons (Fsp3) is 0.586. The monoisotopic (exact) mass is 553 g/mol. The number of benzene rings is 1. The van der Waals surface area contributed by atoms with Crippen LogP contribution in [0.5, 0.6) is 0 Å². The van der Waals surface area contributed by atoms with Gasteiger partial charge in [0, 0.05) is 16.5 Å². The normalized spacial score (nSPS) is 20.0. The molecule has 1 aliphatic heterocycles. The lowest BCUT2D eigenvalue weighted by Gasteiger charge is -2.48. The number of nitrogens with zero attached hydrogens (tertiary/aromatic N) is 2. The molecule has 39 heavy (non-hydrogen) atoms. The second-order valence-corrected chi connectivity index (χ2v) is 18.6. The quantitative estimate of drug-likeness (QED) is 0.314. The van der Waals surface area contributed by atoms with Crippen molar-refractivity contribution < 1.29 is 19.5 Å². The molecule has 2 atom stereocenters. The van der Waals surface area contributed by atoms with Crippen molar-refractivity contribution in [2.45, 2.75) is 102 Å². The summed E-state index contributed by atoms with van der Waals surface area (Å²) in [4.78, 5) is 41.9. The van der Waals surface area contributed by atoms with Gasteiger partial charge in [0.05, 0.1) is 25.9 Å². The van der Waals surface area contributed by atoms with Crippen molar-refractivity contribution in [2.24, 2.45) is 5.92 Å². The zero-order valence-corrected chi connectivity index (χ0v) is 25.4. The number of nitrogens with one attached hydrogen (secondary N) is 3. The maximum Gasteiger partial charge on any atom is 0.330 e. The van der Waals surface area contributed by atoms with E-state index in [1.165, 1.54) is 0 Å². The summed E-state index contributed by atoms with van der Waals surface area (Å²) >= 11 is 0. The summed E-state index contributed by atoms with van der Waals surface area (Å²) < 4.78 is 0. The number of carbonyl (C=O) groups excluding carboxylic acids is 2. The van der Waals surface area contributed by atoms with Gasteiger partial charge in [-0.3, -0.25) is 9.89 Å². The molecule has 9 nitrogen and oxygen atoms in total. The molecule has 1 aromatic carbocycles. The number of anilines is 1. The SMILES string of the molecule is CC(C)[C@@](NC(=O)N1Cc2c(NC(=O)C3([Si](C)(C)C)CCC3)n[nH]c2C1(C)C)(C(=O)O)C(C)c1ccccc1. The van der Waals surface area contributed by atoms with Crippen molar-refractivity contribution in [2.75, 3.05) is 5.32 Å². The zero-order chi connectivity index (χ0) is 29.0. The molecule has 1 aliphatic carbocycles. The summed E-state index contributed by atoms with van der Waals surface area (Å²) in [5, 5.41) is 23.7. The van der Waals surface area contributed by atoms with Crippen LogP contribution in [0, 0.1) is 5.92 Å². The van der Waals surface area contributed by atoms with Crippen molar-refractivity contribution in [3.8, 4) is 0 Å². The Morgan fingerprint density at radius 3 is 2.21 bits per heavy atom. The number of urea groups is 1. The molecule has 10 heteroatoms. The Morgan fingerprint density at radius 1 is 1.10 bits per heavy atom. The van der Waals surface area contributed by atoms with Gasteiger partial charge < -0.3 is 20.6 Å². The first kappa shape index (κ1) is 28.9. The van der Waals surface area contributed by atoms with Crippen LogP contribution < -0.4 is 10.6 Å². The van der Waals surface area contributed by atoms with E-state index in [0.29, 0.717) is 5.82 Å². The molecule has 0 radical (unpaired) electrons. The molecular formula is C29H43N5O4Si. The van der Waals surface area contributed by atoms with Gasteiger partial charge >= 0.3 is 12.0 Å². The molecule has 4 N–H and O–H groups in total. The highest BCUT2D eigenvalue weighted by molar-refractivity contribution is 6.83. The molecule has 1 fully saturated rings. The van der Waals surface area contributed by atoms with Crippen LogP contribution in [0.1, 0.15) is 76.6 Å². The van der Waals surface area contributed by atoms with Gasteiger partial charge in [-0.25, -0.2) is 9.59 Å². The number of carbonyl (C=O) groups is 3. The molecule has 2 aliphatic rings. The van der Waals surface area contributed by atoms with Gasteiger partial charge in [0.15, 0.2) is 5.82 Å². The van der Waals surface area contributed by atoms with E-state index in [1.54, 1.807) is 4.90 Å². The standard InChI is InChI=1S/C29H43N5O4Si/c1-18(2)29(25(36)37,19(3)20-13-10-9-11-14-20)31-26(38)34-17-21-22(27(34,4)5)32-33-23(21)30-24(35)28(15-12-16-28)39(6,7)8/h9-11,13-14,18-19H,12,15-17H2,1-8H3,(H,31,38)(H,36,37)(H2,30,32,33,35)/t19?,29-/m0/s1. The minimum atomic E-state index is -1.77. The number of rotatable bonds is 8. The molecule has 1 unspecified atom stereocenters. The number of hydrogen-bond donors (Lipinski definition) is 4. The average molecular weight is 554 g/mol. The van der Waals surface area contributed by atoms with Gasteiger partial charge in [-0.1, -0.05) is 77.2 Å². The Balaban J connectivity index is 1.61. The van der Waals surface area contributed by atoms with Gasteiger partial charge in [-0.2, -0.15) is 5.10 Å². The Bertz CT molecular complexity index is 1260. The zero-order valence-electron chi connectivity index (χ0n) is 24.4. The van der Waals surface area contributed by atoms with E-state index >= 15 is 0 Å². The molecule has 0 bridgehead atoms. The number of carboxylic acids is 1. The minimum absolute atomic E-state index is 0.0179. The van der Waals surface area contributed by atoms with Crippen LogP contribution in [0.3, 0.4) is 0 Å². The van der Waals surface area contributed by atoms with E-state index < -0.39 is 43.0 Å². The summed E-state index contributed by atoms with van der Waals surface area (Å²) in [7, 11) is -1.77. The Labute approximate surface area is 232 Å². The van der Waals surface area contributed by atoms with Crippen molar-refractivity contribution in [1.29, 1.82) is 0 Å². The third kappa shape index (κ3) is 4.46. The van der Waals surface area contributed by atoms with Crippen LogP contribution in [-0.2, 0) is 21.7 Å². The third-order valence-corrected chi connectivity index (χ3v) is 13.2. The van der Waals surface area contributed by atoms with E-state index in [9.17, 15) is 19.5 Å². The maximum atomic E-state index is 13.9. The van der Waals surface area contributed by atoms with Crippen LogP contribution in [0.2, 0.25) is 24.7 Å². The van der Waals surface area contributed by atoms with E-state index in [0.717, 1.165) is 36.1 Å². The van der Waals surface area contributed by atoms with E-state index in [4.69, 9.17) is 0 Å². The number of hydrogen-bond acceptors (Lipinski definition) is 4. The average Bonchev–Trinajstić information content (AvgIpc) is 3.33. The van der Waals surface area contributed by atoms with E-state index in [-0.39, 0.29) is 17.5 Å². The topological polar surface area (TPSA) is 127 Å². The molecule has 212 valence electrons. The number of amides is 3. The van der Waals surface area contributed by atoms with Crippen molar-refractivity contribution in [1.82, 2.24) is 20.4 Å². The lowest BCUT2D eigenvalue weighted by molar-refractivity contribution is -0.147. The first-order valence-corrected chi connectivity index (χ1v) is 17.4. The fourth-order valence-electron chi connectivity index (χ4n) is 6.51. The predicted octanol–water partition coefficient (Wildman–Crippen LogP) is 5.65. The highest BCUT2D eigenvalue weighted by Gasteiger charge is 2.55. The van der Waals surface area contributed by atoms with Gasteiger partial charge in [0.2, 0.25) is 5.91 Å². The van der Waals surface area contributed by atoms with Crippen LogP contribution in [0.15, 0.2) is 30.3 Å². The summed E-state index contributed by atoms with van der Waals surface area (Å²) in [5.41, 5.74) is 0.00905.